The largest absolute Gasteiger partial charge is 0.378 e. The molecule has 0 radical (unpaired) electrons. The Bertz CT molecular complexity index is 184. The number of hydrogen-bond acceptors (Lipinski definition) is 4. The molecule has 1 rings (SSSR count). The van der Waals surface area contributed by atoms with Gasteiger partial charge in [-0.2, -0.15) is 11.8 Å². The lowest BCUT2D eigenvalue weighted by Gasteiger charge is -2.26. The molecule has 0 saturated carbocycles. The fourth-order valence-electron chi connectivity index (χ4n) is 1.46. The van der Waals surface area contributed by atoms with Gasteiger partial charge >= 0.3 is 0 Å². The van der Waals surface area contributed by atoms with E-state index in [1.54, 1.807) is 0 Å². The predicted molar refractivity (Wildman–Crippen MR) is 63.3 cm³/mol. The molecule has 5 heteroatoms. The molecule has 1 N–H and O–H groups in total. The van der Waals surface area contributed by atoms with Crippen molar-refractivity contribution in [3.63, 3.8) is 0 Å². The minimum atomic E-state index is 0.197. The van der Waals surface area contributed by atoms with Crippen LogP contribution in [0.5, 0.6) is 0 Å². The minimum Gasteiger partial charge on any atom is -0.378 e. The quantitative estimate of drug-likeness (QED) is 0.664. The molecule has 1 aliphatic heterocycles. The molecule has 0 bridgehead atoms. The number of carbonyl (C=O) groups is 1. The Morgan fingerprint density at radius 1 is 1.47 bits per heavy atom. The van der Waals surface area contributed by atoms with Crippen molar-refractivity contribution in [3.05, 3.63) is 0 Å². The highest BCUT2D eigenvalue weighted by Gasteiger charge is 2.15. The zero-order chi connectivity index (χ0) is 10.9. The van der Waals surface area contributed by atoms with Gasteiger partial charge in [-0.05, 0) is 25.0 Å². The van der Waals surface area contributed by atoms with E-state index in [0.29, 0.717) is 19.8 Å². The summed E-state index contributed by atoms with van der Waals surface area (Å²) in [5.41, 5.74) is 0. The number of rotatable bonds is 6. The van der Waals surface area contributed by atoms with Crippen LogP contribution in [0.2, 0.25) is 0 Å². The molecular weight excluding hydrogens is 212 g/mol. The maximum atomic E-state index is 11.6. The highest BCUT2D eigenvalue weighted by atomic mass is 32.2. The summed E-state index contributed by atoms with van der Waals surface area (Å²) in [6.07, 6.45) is 3.22. The van der Waals surface area contributed by atoms with E-state index in [2.05, 4.69) is 11.6 Å². The van der Waals surface area contributed by atoms with E-state index in [4.69, 9.17) is 4.74 Å². The number of nitrogens with one attached hydrogen (secondary N) is 1. The molecule has 0 aromatic heterocycles. The number of hydrogen-bond donors (Lipinski definition) is 1. The summed E-state index contributed by atoms with van der Waals surface area (Å²) in [4.78, 5) is 13.5. The van der Waals surface area contributed by atoms with Crippen molar-refractivity contribution in [2.45, 2.75) is 6.42 Å². The topological polar surface area (TPSA) is 41.6 Å². The molecule has 1 amide bonds. The van der Waals surface area contributed by atoms with Gasteiger partial charge in [0.2, 0.25) is 5.91 Å². The van der Waals surface area contributed by atoms with Crippen molar-refractivity contribution < 1.29 is 9.53 Å². The van der Waals surface area contributed by atoms with Crippen molar-refractivity contribution in [1.82, 2.24) is 10.2 Å². The van der Waals surface area contributed by atoms with Crippen LogP contribution in [0.1, 0.15) is 6.42 Å². The molecule has 0 spiro atoms. The summed E-state index contributed by atoms with van der Waals surface area (Å²) < 4.78 is 5.19. The molecule has 4 nitrogen and oxygen atoms in total. The zero-order valence-corrected chi connectivity index (χ0v) is 10.1. The van der Waals surface area contributed by atoms with Crippen LogP contribution in [0.3, 0.4) is 0 Å². The maximum absolute atomic E-state index is 11.6. The van der Waals surface area contributed by atoms with Crippen molar-refractivity contribution in [3.8, 4) is 0 Å². The van der Waals surface area contributed by atoms with E-state index in [-0.39, 0.29) is 5.91 Å². The first-order valence-corrected chi connectivity index (χ1v) is 6.79. The highest BCUT2D eigenvalue weighted by molar-refractivity contribution is 7.98. The normalized spacial score (nSPS) is 16.7. The van der Waals surface area contributed by atoms with Crippen LogP contribution < -0.4 is 5.32 Å². The van der Waals surface area contributed by atoms with Crippen LogP contribution in [-0.4, -0.2) is 62.2 Å². The molecule has 1 saturated heterocycles. The number of nitrogens with zero attached hydrogens (tertiary/aromatic N) is 1. The monoisotopic (exact) mass is 232 g/mol. The maximum Gasteiger partial charge on any atom is 0.236 e. The van der Waals surface area contributed by atoms with Crippen molar-refractivity contribution in [2.75, 3.05) is 51.4 Å². The molecule has 1 heterocycles. The SMILES string of the molecule is CSCCCNCC(=O)N1CCOCC1. The summed E-state index contributed by atoms with van der Waals surface area (Å²) in [6, 6.07) is 0. The van der Waals surface area contributed by atoms with Gasteiger partial charge in [-0.25, -0.2) is 0 Å². The summed E-state index contributed by atoms with van der Waals surface area (Å²) in [5.74, 6) is 1.35. The van der Waals surface area contributed by atoms with Crippen LogP contribution in [0.25, 0.3) is 0 Å². The third-order valence-electron chi connectivity index (χ3n) is 2.34. The minimum absolute atomic E-state index is 0.197. The Labute approximate surface area is 95.7 Å². The van der Waals surface area contributed by atoms with Gasteiger partial charge in [0.15, 0.2) is 0 Å². The Balaban J connectivity index is 2.02. The number of ether oxygens (including phenoxy) is 1. The number of amides is 1. The lowest BCUT2D eigenvalue weighted by Crippen LogP contribution is -2.44. The van der Waals surface area contributed by atoms with Crippen LogP contribution >= 0.6 is 11.8 Å². The molecule has 0 atom stereocenters. The molecule has 1 aliphatic rings. The lowest BCUT2D eigenvalue weighted by atomic mass is 10.4. The van der Waals surface area contributed by atoms with Crippen molar-refractivity contribution in [1.29, 1.82) is 0 Å². The number of thioether (sulfide) groups is 1. The van der Waals surface area contributed by atoms with Gasteiger partial charge in [-0.15, -0.1) is 0 Å². The molecule has 88 valence electrons. The molecule has 0 aromatic carbocycles. The fourth-order valence-corrected chi connectivity index (χ4v) is 1.89. The summed E-state index contributed by atoms with van der Waals surface area (Å²) in [6.45, 7) is 4.23. The molecule has 0 aromatic rings. The van der Waals surface area contributed by atoms with Crippen LogP contribution in [0.15, 0.2) is 0 Å². The summed E-state index contributed by atoms with van der Waals surface area (Å²) >= 11 is 1.84. The third kappa shape index (κ3) is 5.39. The second-order valence-electron chi connectivity index (χ2n) is 3.52. The first-order valence-electron chi connectivity index (χ1n) is 5.40. The van der Waals surface area contributed by atoms with E-state index in [9.17, 15) is 4.79 Å². The Morgan fingerprint density at radius 3 is 2.87 bits per heavy atom. The van der Waals surface area contributed by atoms with E-state index in [1.165, 1.54) is 0 Å². The van der Waals surface area contributed by atoms with Gasteiger partial charge in [0, 0.05) is 13.1 Å². The second kappa shape index (κ2) is 7.96. The van der Waals surface area contributed by atoms with Gasteiger partial charge in [0.05, 0.1) is 19.8 Å². The highest BCUT2D eigenvalue weighted by Crippen LogP contribution is 1.97. The zero-order valence-electron chi connectivity index (χ0n) is 9.33. The average Bonchev–Trinajstić information content (AvgIpc) is 2.30. The Kier molecular flexibility index (Phi) is 6.80. The van der Waals surface area contributed by atoms with Gasteiger partial charge in [-0.1, -0.05) is 0 Å². The van der Waals surface area contributed by atoms with Gasteiger partial charge in [0.25, 0.3) is 0 Å². The summed E-state index contributed by atoms with van der Waals surface area (Å²) in [5, 5.41) is 3.17. The van der Waals surface area contributed by atoms with E-state index in [1.807, 2.05) is 16.7 Å². The van der Waals surface area contributed by atoms with E-state index >= 15 is 0 Å². The van der Waals surface area contributed by atoms with Crippen LogP contribution in [-0.2, 0) is 9.53 Å². The van der Waals surface area contributed by atoms with Crippen molar-refractivity contribution in [2.24, 2.45) is 0 Å². The third-order valence-corrected chi connectivity index (χ3v) is 3.04. The molecule has 15 heavy (non-hydrogen) atoms. The van der Waals surface area contributed by atoms with Gasteiger partial charge in [0.1, 0.15) is 0 Å². The van der Waals surface area contributed by atoms with Gasteiger partial charge in [-0.3, -0.25) is 4.79 Å². The summed E-state index contributed by atoms with van der Waals surface area (Å²) in [7, 11) is 0. The lowest BCUT2D eigenvalue weighted by molar-refractivity contribution is -0.134. The first-order chi connectivity index (χ1) is 7.34. The van der Waals surface area contributed by atoms with Crippen LogP contribution in [0.4, 0.5) is 0 Å². The molecular formula is C10H20N2O2S. The van der Waals surface area contributed by atoms with Crippen molar-refractivity contribution >= 4 is 17.7 Å². The smallest absolute Gasteiger partial charge is 0.236 e. The number of morpholine rings is 1. The molecule has 0 unspecified atom stereocenters. The van der Waals surface area contributed by atoms with Crippen LogP contribution in [0, 0.1) is 0 Å². The molecule has 1 fully saturated rings. The number of carbonyl (C=O) groups excluding carboxylic acids is 1. The average molecular weight is 232 g/mol. The van der Waals surface area contributed by atoms with Gasteiger partial charge < -0.3 is 15.0 Å². The Hall–Kier alpha value is -0.260. The Morgan fingerprint density at radius 2 is 2.20 bits per heavy atom. The van der Waals surface area contributed by atoms with E-state index in [0.717, 1.165) is 31.8 Å². The first kappa shape index (κ1) is 12.8. The predicted octanol–water partition coefficient (Wildman–Crippen LogP) is 0.188. The van der Waals surface area contributed by atoms with E-state index < -0.39 is 0 Å². The fraction of sp³-hybridized carbons (Fsp3) is 0.900. The second-order valence-corrected chi connectivity index (χ2v) is 4.50. The molecule has 0 aliphatic carbocycles. The standard InChI is InChI=1S/C10H20N2O2S/c1-15-8-2-3-11-9-10(13)12-4-6-14-7-5-12/h11H,2-9H2,1H3.